The van der Waals surface area contributed by atoms with E-state index in [1.165, 1.54) is 36.7 Å². The van der Waals surface area contributed by atoms with E-state index >= 15 is 0 Å². The quantitative estimate of drug-likeness (QED) is 0.860. The number of piperidine rings is 1. The molecule has 5 nitrogen and oxygen atoms in total. The second kappa shape index (κ2) is 7.40. The number of aryl methyl sites for hydroxylation is 2. The maximum absolute atomic E-state index is 12.5. The van der Waals surface area contributed by atoms with Crippen molar-refractivity contribution in [2.45, 2.75) is 57.2 Å². The molecule has 0 aliphatic carbocycles. The van der Waals surface area contributed by atoms with Crippen molar-refractivity contribution in [2.75, 3.05) is 13.1 Å². The Hall–Kier alpha value is -2.06. The summed E-state index contributed by atoms with van der Waals surface area (Å²) < 4.78 is 43.4. The average Bonchev–Trinajstić information content (AvgIpc) is 3.05. The maximum Gasteiger partial charge on any atom is 0.573 e. The Bertz CT molecular complexity index is 803. The lowest BCUT2D eigenvalue weighted by molar-refractivity contribution is -0.274. The van der Waals surface area contributed by atoms with Crippen LogP contribution >= 0.6 is 0 Å². The smallest absolute Gasteiger partial charge is 0.406 e. The molecule has 0 bridgehead atoms. The van der Waals surface area contributed by atoms with Gasteiger partial charge in [0.05, 0.1) is 11.3 Å². The Kier molecular flexibility index (Phi) is 5.09. The molecule has 2 aliphatic heterocycles. The number of aromatic nitrogens is 2. The largest absolute Gasteiger partial charge is 0.573 e. The van der Waals surface area contributed by atoms with Crippen LogP contribution in [0.3, 0.4) is 0 Å². The molecular formula is C20H24F3N3O2. The summed E-state index contributed by atoms with van der Waals surface area (Å²) in [5, 5.41) is 15.7. The van der Waals surface area contributed by atoms with Gasteiger partial charge in [0.15, 0.2) is 0 Å². The number of rotatable bonds is 4. The van der Waals surface area contributed by atoms with Gasteiger partial charge in [-0.15, -0.1) is 13.2 Å². The Morgan fingerprint density at radius 1 is 1.11 bits per heavy atom. The summed E-state index contributed by atoms with van der Waals surface area (Å²) in [7, 11) is 0. The number of benzene rings is 1. The molecule has 152 valence electrons. The third kappa shape index (κ3) is 4.33. The summed E-state index contributed by atoms with van der Waals surface area (Å²) in [5.74, 6) is -0.301. The fourth-order valence-electron chi connectivity index (χ4n) is 4.14. The molecule has 4 rings (SSSR count). The Labute approximate surface area is 161 Å². The molecule has 0 radical (unpaired) electrons. The van der Waals surface area contributed by atoms with Crippen LogP contribution in [0.2, 0.25) is 0 Å². The minimum atomic E-state index is -4.74. The third-order valence-electron chi connectivity index (χ3n) is 5.64. The van der Waals surface area contributed by atoms with Crippen LogP contribution in [-0.4, -0.2) is 39.2 Å². The van der Waals surface area contributed by atoms with E-state index in [2.05, 4.69) is 25.5 Å². The standard InChI is InChI=1S/C20H24F3N3O2/c21-20(22,23)28-18-6-3-4-15(12-18)19(27)7-10-25(11-8-19)14-16-13-17-5-1-2-9-26(17)24-16/h3-4,6,12-13,27H,1-2,5,7-11,14H2. The van der Waals surface area contributed by atoms with Gasteiger partial charge in [0.25, 0.3) is 0 Å². The number of aliphatic hydroxyl groups is 1. The summed E-state index contributed by atoms with van der Waals surface area (Å²) in [5.41, 5.74) is 1.65. The molecule has 1 fully saturated rings. The highest BCUT2D eigenvalue weighted by Crippen LogP contribution is 2.35. The first-order chi connectivity index (χ1) is 13.3. The molecule has 2 aromatic rings. The summed E-state index contributed by atoms with van der Waals surface area (Å²) in [6.07, 6.45) is -0.384. The molecule has 0 unspecified atom stereocenters. The molecule has 0 amide bonds. The normalized spacial score (nSPS) is 20.0. The molecule has 1 N–H and O–H groups in total. The summed E-state index contributed by atoms with van der Waals surface area (Å²) in [6, 6.07) is 7.83. The molecular weight excluding hydrogens is 371 g/mol. The highest BCUT2D eigenvalue weighted by Gasteiger charge is 2.36. The Balaban J connectivity index is 1.39. The van der Waals surface area contributed by atoms with Gasteiger partial charge in [-0.25, -0.2) is 0 Å². The van der Waals surface area contributed by atoms with Gasteiger partial charge < -0.3 is 9.84 Å². The fourth-order valence-corrected chi connectivity index (χ4v) is 4.14. The zero-order valence-electron chi connectivity index (χ0n) is 15.6. The van der Waals surface area contributed by atoms with E-state index < -0.39 is 12.0 Å². The maximum atomic E-state index is 12.5. The summed E-state index contributed by atoms with van der Waals surface area (Å²) >= 11 is 0. The molecule has 3 heterocycles. The molecule has 2 aliphatic rings. The van der Waals surface area contributed by atoms with Crippen molar-refractivity contribution in [1.82, 2.24) is 14.7 Å². The van der Waals surface area contributed by atoms with Crippen molar-refractivity contribution in [3.05, 3.63) is 47.3 Å². The van der Waals surface area contributed by atoms with E-state index in [0.29, 0.717) is 31.5 Å². The van der Waals surface area contributed by atoms with Crippen LogP contribution in [0.25, 0.3) is 0 Å². The highest BCUT2D eigenvalue weighted by atomic mass is 19.4. The van der Waals surface area contributed by atoms with E-state index in [-0.39, 0.29) is 5.75 Å². The third-order valence-corrected chi connectivity index (χ3v) is 5.64. The molecule has 0 spiro atoms. The van der Waals surface area contributed by atoms with Crippen molar-refractivity contribution in [3.63, 3.8) is 0 Å². The zero-order valence-corrected chi connectivity index (χ0v) is 15.6. The number of alkyl halides is 3. The van der Waals surface area contributed by atoms with Gasteiger partial charge in [-0.05, 0) is 55.9 Å². The number of halogens is 3. The van der Waals surface area contributed by atoms with Gasteiger partial charge in [-0.2, -0.15) is 5.10 Å². The molecule has 8 heteroatoms. The number of ether oxygens (including phenoxy) is 1. The zero-order chi connectivity index (χ0) is 19.8. The second-order valence-corrected chi connectivity index (χ2v) is 7.69. The lowest BCUT2D eigenvalue weighted by Crippen LogP contribution is -2.42. The van der Waals surface area contributed by atoms with Crippen molar-refractivity contribution in [1.29, 1.82) is 0 Å². The molecule has 1 aromatic heterocycles. The van der Waals surface area contributed by atoms with Crippen LogP contribution in [0.5, 0.6) is 5.75 Å². The van der Waals surface area contributed by atoms with Crippen LogP contribution < -0.4 is 4.74 Å². The molecule has 1 aromatic carbocycles. The van der Waals surface area contributed by atoms with Gasteiger partial charge in [0.1, 0.15) is 5.75 Å². The number of likely N-dealkylation sites (tertiary alicyclic amines) is 1. The van der Waals surface area contributed by atoms with E-state index in [1.807, 2.05) is 0 Å². The van der Waals surface area contributed by atoms with Gasteiger partial charge in [-0.1, -0.05) is 12.1 Å². The fraction of sp³-hybridized carbons (Fsp3) is 0.550. The number of fused-ring (bicyclic) bond motifs is 1. The molecule has 1 saturated heterocycles. The minimum Gasteiger partial charge on any atom is -0.406 e. The van der Waals surface area contributed by atoms with Crippen molar-refractivity contribution in [2.24, 2.45) is 0 Å². The van der Waals surface area contributed by atoms with Gasteiger partial charge in [0.2, 0.25) is 0 Å². The monoisotopic (exact) mass is 395 g/mol. The van der Waals surface area contributed by atoms with Gasteiger partial charge in [0, 0.05) is 31.9 Å². The predicted octanol–water partition coefficient (Wildman–Crippen LogP) is 3.60. The van der Waals surface area contributed by atoms with E-state index in [4.69, 9.17) is 0 Å². The predicted molar refractivity (Wildman–Crippen MR) is 96.7 cm³/mol. The van der Waals surface area contributed by atoms with E-state index in [9.17, 15) is 18.3 Å². The first kappa shape index (κ1) is 19.3. The SMILES string of the molecule is OC1(c2cccc(OC(F)(F)F)c2)CCN(Cc2cc3n(n2)CCCC3)CC1. The van der Waals surface area contributed by atoms with Crippen LogP contribution in [0.15, 0.2) is 30.3 Å². The molecule has 0 saturated carbocycles. The van der Waals surface area contributed by atoms with Crippen molar-refractivity contribution < 1.29 is 23.0 Å². The minimum absolute atomic E-state index is 0.301. The number of hydrogen-bond donors (Lipinski definition) is 1. The number of hydrogen-bond acceptors (Lipinski definition) is 4. The Morgan fingerprint density at radius 2 is 1.89 bits per heavy atom. The summed E-state index contributed by atoms with van der Waals surface area (Å²) in [6.45, 7) is 3.02. The van der Waals surface area contributed by atoms with Crippen molar-refractivity contribution in [3.8, 4) is 5.75 Å². The van der Waals surface area contributed by atoms with Gasteiger partial charge in [-0.3, -0.25) is 9.58 Å². The first-order valence-electron chi connectivity index (χ1n) is 9.67. The second-order valence-electron chi connectivity index (χ2n) is 7.69. The van der Waals surface area contributed by atoms with Crippen molar-refractivity contribution >= 4 is 0 Å². The van der Waals surface area contributed by atoms with Gasteiger partial charge >= 0.3 is 6.36 Å². The molecule has 28 heavy (non-hydrogen) atoms. The summed E-state index contributed by atoms with van der Waals surface area (Å²) in [4.78, 5) is 2.24. The Morgan fingerprint density at radius 3 is 2.61 bits per heavy atom. The lowest BCUT2D eigenvalue weighted by atomic mass is 9.84. The topological polar surface area (TPSA) is 50.5 Å². The molecule has 0 atom stereocenters. The van der Waals surface area contributed by atoms with Crippen LogP contribution in [0, 0.1) is 0 Å². The van der Waals surface area contributed by atoms with E-state index in [1.54, 1.807) is 6.07 Å². The van der Waals surface area contributed by atoms with Crippen LogP contribution in [0.4, 0.5) is 13.2 Å². The highest BCUT2D eigenvalue weighted by molar-refractivity contribution is 5.33. The van der Waals surface area contributed by atoms with E-state index in [0.717, 1.165) is 25.2 Å². The number of nitrogens with zero attached hydrogens (tertiary/aromatic N) is 3. The average molecular weight is 395 g/mol. The lowest BCUT2D eigenvalue weighted by Gasteiger charge is -2.38. The first-order valence-corrected chi connectivity index (χ1v) is 9.67. The van der Waals surface area contributed by atoms with Crippen LogP contribution in [-0.2, 0) is 25.1 Å². The van der Waals surface area contributed by atoms with Crippen LogP contribution in [0.1, 0.15) is 42.6 Å².